The van der Waals surface area contributed by atoms with Crippen LogP contribution in [0, 0.1) is 30.1 Å². The van der Waals surface area contributed by atoms with Gasteiger partial charge in [0.25, 0.3) is 0 Å². The Labute approximate surface area is 94.7 Å². The smallest absolute Gasteiger partial charge is 0.338 e. The number of hydrogen-bond acceptors (Lipinski definition) is 3. The van der Waals surface area contributed by atoms with Gasteiger partial charge in [-0.1, -0.05) is 17.9 Å². The quantitative estimate of drug-likeness (QED) is 0.530. The maximum atomic E-state index is 11.4. The Bertz CT molecular complexity index is 501. The molecular weight excluding hydrogens is 202 g/mol. The number of methoxy groups -OCH3 is 1. The Kier molecular flexibility index (Phi) is 4.12. The van der Waals surface area contributed by atoms with E-state index in [9.17, 15) is 4.79 Å². The van der Waals surface area contributed by atoms with Gasteiger partial charge in [-0.15, -0.1) is 0 Å². The normalized spacial score (nSPS) is 8.56. The summed E-state index contributed by atoms with van der Waals surface area (Å²) in [7, 11) is 1.34. The molecule has 0 radical (unpaired) electrons. The summed E-state index contributed by atoms with van der Waals surface area (Å²) in [6.07, 6.45) is 0.182. The first kappa shape index (κ1) is 11.8. The lowest BCUT2D eigenvalue weighted by Gasteiger charge is -2.03. The topological polar surface area (TPSA) is 50.1 Å². The lowest BCUT2D eigenvalue weighted by molar-refractivity contribution is 0.0600. The first-order valence-corrected chi connectivity index (χ1v) is 4.74. The van der Waals surface area contributed by atoms with Gasteiger partial charge in [0.15, 0.2) is 0 Å². The van der Waals surface area contributed by atoms with Crippen LogP contribution in [0.15, 0.2) is 18.2 Å². The molecule has 0 unspecified atom stereocenters. The van der Waals surface area contributed by atoms with Crippen LogP contribution in [0.5, 0.6) is 0 Å². The molecule has 0 amide bonds. The lowest BCUT2D eigenvalue weighted by atomic mass is 10.1. The molecule has 0 atom stereocenters. The number of carbonyl (C=O) groups excluding carboxylic acids is 1. The molecule has 1 rings (SSSR count). The van der Waals surface area contributed by atoms with E-state index in [1.54, 1.807) is 6.07 Å². The van der Waals surface area contributed by atoms with E-state index in [1.165, 1.54) is 7.11 Å². The first-order chi connectivity index (χ1) is 7.69. The minimum Gasteiger partial charge on any atom is -0.465 e. The molecule has 0 N–H and O–H groups in total. The van der Waals surface area contributed by atoms with Gasteiger partial charge < -0.3 is 4.74 Å². The third kappa shape index (κ3) is 2.87. The van der Waals surface area contributed by atoms with Crippen LogP contribution < -0.4 is 0 Å². The van der Waals surface area contributed by atoms with Crippen molar-refractivity contribution >= 4 is 5.97 Å². The summed E-state index contributed by atoms with van der Waals surface area (Å²) in [6.45, 7) is 1.83. The Morgan fingerprint density at radius 1 is 1.50 bits per heavy atom. The molecule has 0 aliphatic heterocycles. The molecule has 0 aliphatic carbocycles. The fourth-order valence-electron chi connectivity index (χ4n) is 1.22. The fraction of sp³-hybridized carbons (Fsp3) is 0.231. The standard InChI is InChI=1S/C13H11NO2/c1-10-6-7-11(5-3-4-8-14)9-12(10)13(15)16-2/h6-7,9H,4H2,1-2H3. The zero-order chi connectivity index (χ0) is 12.0. The third-order valence-corrected chi connectivity index (χ3v) is 2.04. The Hall–Kier alpha value is -2.26. The average Bonchev–Trinajstić information content (AvgIpc) is 2.30. The predicted octanol–water partition coefficient (Wildman–Crippen LogP) is 2.05. The van der Waals surface area contributed by atoms with E-state index in [0.29, 0.717) is 11.1 Å². The van der Waals surface area contributed by atoms with Crippen molar-refractivity contribution in [3.8, 4) is 17.9 Å². The summed E-state index contributed by atoms with van der Waals surface area (Å²) in [5, 5.41) is 8.34. The van der Waals surface area contributed by atoms with Crippen molar-refractivity contribution in [2.24, 2.45) is 0 Å². The monoisotopic (exact) mass is 213 g/mol. The molecule has 80 valence electrons. The molecule has 0 aromatic heterocycles. The van der Waals surface area contributed by atoms with Crippen molar-refractivity contribution in [2.75, 3.05) is 7.11 Å². The van der Waals surface area contributed by atoms with E-state index in [2.05, 4.69) is 16.6 Å². The third-order valence-electron chi connectivity index (χ3n) is 2.04. The van der Waals surface area contributed by atoms with Crippen molar-refractivity contribution in [3.05, 3.63) is 34.9 Å². The zero-order valence-corrected chi connectivity index (χ0v) is 9.20. The molecule has 0 saturated carbocycles. The van der Waals surface area contributed by atoms with Crippen molar-refractivity contribution in [3.63, 3.8) is 0 Å². The number of nitrogens with zero attached hydrogens (tertiary/aromatic N) is 1. The second-order valence-electron chi connectivity index (χ2n) is 3.16. The van der Waals surface area contributed by atoms with Crippen LogP contribution in [0.1, 0.15) is 27.9 Å². The number of benzene rings is 1. The van der Waals surface area contributed by atoms with Gasteiger partial charge in [-0.2, -0.15) is 5.26 Å². The number of esters is 1. The number of hydrogen-bond donors (Lipinski definition) is 0. The van der Waals surface area contributed by atoms with Crippen molar-refractivity contribution in [1.29, 1.82) is 5.26 Å². The summed E-state index contributed by atoms with van der Waals surface area (Å²) in [5.74, 6) is 5.13. The Morgan fingerprint density at radius 3 is 2.88 bits per heavy atom. The van der Waals surface area contributed by atoms with Gasteiger partial charge in [0.05, 0.1) is 25.2 Å². The van der Waals surface area contributed by atoms with Crippen LogP contribution in [0.3, 0.4) is 0 Å². The largest absolute Gasteiger partial charge is 0.465 e. The highest BCUT2D eigenvalue weighted by molar-refractivity contribution is 5.91. The van der Waals surface area contributed by atoms with Gasteiger partial charge >= 0.3 is 5.97 Å². The number of ether oxygens (including phenoxy) is 1. The maximum Gasteiger partial charge on any atom is 0.338 e. The molecule has 1 aromatic carbocycles. The van der Waals surface area contributed by atoms with Crippen LogP contribution in [0.2, 0.25) is 0 Å². The van der Waals surface area contributed by atoms with E-state index in [-0.39, 0.29) is 12.4 Å². The zero-order valence-electron chi connectivity index (χ0n) is 9.20. The minimum absolute atomic E-state index is 0.182. The summed E-state index contributed by atoms with van der Waals surface area (Å²) < 4.78 is 4.66. The molecule has 0 saturated heterocycles. The van der Waals surface area contributed by atoms with Gasteiger partial charge in [-0.3, -0.25) is 0 Å². The summed E-state index contributed by atoms with van der Waals surface area (Å²) in [6, 6.07) is 7.22. The molecule has 3 heteroatoms. The van der Waals surface area contributed by atoms with Crippen molar-refractivity contribution in [1.82, 2.24) is 0 Å². The highest BCUT2D eigenvalue weighted by Crippen LogP contribution is 2.11. The molecule has 0 bridgehead atoms. The van der Waals surface area contributed by atoms with Gasteiger partial charge in [-0.25, -0.2) is 4.79 Å². The SMILES string of the molecule is COC(=O)c1cc(C#CCC#N)ccc1C. The highest BCUT2D eigenvalue weighted by Gasteiger charge is 2.08. The van der Waals surface area contributed by atoms with Crippen LogP contribution in [0.25, 0.3) is 0 Å². The first-order valence-electron chi connectivity index (χ1n) is 4.74. The second-order valence-corrected chi connectivity index (χ2v) is 3.16. The number of aryl methyl sites for hydroxylation is 1. The van der Waals surface area contributed by atoms with Gasteiger partial charge in [-0.05, 0) is 24.6 Å². The molecule has 0 heterocycles. The van der Waals surface area contributed by atoms with Crippen LogP contribution in [-0.4, -0.2) is 13.1 Å². The summed E-state index contributed by atoms with van der Waals surface area (Å²) in [4.78, 5) is 11.4. The molecule has 3 nitrogen and oxygen atoms in total. The number of nitriles is 1. The van der Waals surface area contributed by atoms with Crippen LogP contribution in [0.4, 0.5) is 0 Å². The van der Waals surface area contributed by atoms with E-state index < -0.39 is 0 Å². The van der Waals surface area contributed by atoms with Crippen molar-refractivity contribution in [2.45, 2.75) is 13.3 Å². The van der Waals surface area contributed by atoms with Gasteiger partial charge in [0.2, 0.25) is 0 Å². The van der Waals surface area contributed by atoms with Crippen LogP contribution in [-0.2, 0) is 4.74 Å². The number of rotatable bonds is 1. The molecule has 0 aliphatic rings. The van der Waals surface area contributed by atoms with Crippen LogP contribution >= 0.6 is 0 Å². The number of carbonyl (C=O) groups is 1. The van der Waals surface area contributed by atoms with E-state index in [1.807, 2.05) is 25.1 Å². The molecular formula is C13H11NO2. The van der Waals surface area contributed by atoms with E-state index >= 15 is 0 Å². The maximum absolute atomic E-state index is 11.4. The predicted molar refractivity (Wildman–Crippen MR) is 59.6 cm³/mol. The van der Waals surface area contributed by atoms with Gasteiger partial charge in [0.1, 0.15) is 0 Å². The van der Waals surface area contributed by atoms with E-state index in [4.69, 9.17) is 5.26 Å². The second kappa shape index (κ2) is 5.58. The van der Waals surface area contributed by atoms with Gasteiger partial charge in [0, 0.05) is 5.56 Å². The highest BCUT2D eigenvalue weighted by atomic mass is 16.5. The molecule has 0 fully saturated rings. The Morgan fingerprint density at radius 2 is 2.25 bits per heavy atom. The lowest BCUT2D eigenvalue weighted by Crippen LogP contribution is -2.03. The average molecular weight is 213 g/mol. The molecule has 0 spiro atoms. The summed E-state index contributed by atoms with van der Waals surface area (Å²) >= 11 is 0. The molecule has 16 heavy (non-hydrogen) atoms. The van der Waals surface area contributed by atoms with E-state index in [0.717, 1.165) is 5.56 Å². The minimum atomic E-state index is -0.374. The molecule has 1 aromatic rings. The fourth-order valence-corrected chi connectivity index (χ4v) is 1.22. The summed E-state index contributed by atoms with van der Waals surface area (Å²) in [5.41, 5.74) is 2.06. The van der Waals surface area contributed by atoms with Crippen molar-refractivity contribution < 1.29 is 9.53 Å². The Balaban J connectivity index is 3.05.